The van der Waals surface area contributed by atoms with Gasteiger partial charge in [0.15, 0.2) is 0 Å². The summed E-state index contributed by atoms with van der Waals surface area (Å²) in [7, 11) is 0. The molecule has 0 atom stereocenters. The van der Waals surface area contributed by atoms with Gasteiger partial charge in [0, 0.05) is 0 Å². The highest BCUT2D eigenvalue weighted by Crippen LogP contribution is 2.24. The fraction of sp³-hybridized carbons (Fsp3) is 0.176. The largest absolute Gasteiger partial charge is 0.427 e. The Labute approximate surface area is 128 Å². The van der Waals surface area contributed by atoms with E-state index in [4.69, 9.17) is 4.65 Å². The predicted octanol–water partition coefficient (Wildman–Crippen LogP) is 1.84. The fourth-order valence-corrected chi connectivity index (χ4v) is 3.12. The summed E-state index contributed by atoms with van der Waals surface area (Å²) in [6, 6.07) is 13.0. The zero-order chi connectivity index (χ0) is 15.3. The molecule has 0 aliphatic carbocycles. The maximum atomic E-state index is 12.4. The van der Waals surface area contributed by atoms with Gasteiger partial charge in [0.2, 0.25) is 0 Å². The van der Waals surface area contributed by atoms with Crippen molar-refractivity contribution in [1.29, 1.82) is 0 Å². The Morgan fingerprint density at radius 3 is 2.45 bits per heavy atom. The third-order valence-corrected chi connectivity index (χ3v) is 4.36. The number of fused-ring (bicyclic) bond motifs is 2. The standard InChI is InChI=1S/C17H14BNO3/c1-18-15-8-11(6-7-12(15)10-22-18)9-19-16(20)13-4-2-3-5-14(13)17(19)21/h2-8H,9-10H2,1H3. The summed E-state index contributed by atoms with van der Waals surface area (Å²) in [6.07, 6.45) is 0. The third kappa shape index (κ3) is 1.90. The van der Waals surface area contributed by atoms with Crippen LogP contribution in [0.1, 0.15) is 31.8 Å². The molecule has 2 amide bonds. The Balaban J connectivity index is 1.64. The highest BCUT2D eigenvalue weighted by molar-refractivity contribution is 6.67. The molecule has 0 radical (unpaired) electrons. The first-order chi connectivity index (χ1) is 10.6. The van der Waals surface area contributed by atoms with Crippen molar-refractivity contribution < 1.29 is 14.2 Å². The fourth-order valence-electron chi connectivity index (χ4n) is 3.12. The van der Waals surface area contributed by atoms with E-state index in [1.165, 1.54) is 10.5 Å². The quantitative estimate of drug-likeness (QED) is 0.626. The van der Waals surface area contributed by atoms with Crippen molar-refractivity contribution in [3.63, 3.8) is 0 Å². The van der Waals surface area contributed by atoms with E-state index >= 15 is 0 Å². The second kappa shape index (κ2) is 4.82. The Bertz CT molecular complexity index is 767. The lowest BCUT2D eigenvalue weighted by Crippen LogP contribution is -2.30. The summed E-state index contributed by atoms with van der Waals surface area (Å²) < 4.78 is 5.59. The summed E-state index contributed by atoms with van der Waals surface area (Å²) in [5, 5.41) is 0. The van der Waals surface area contributed by atoms with Gasteiger partial charge in [-0.15, -0.1) is 0 Å². The van der Waals surface area contributed by atoms with Crippen LogP contribution in [-0.4, -0.2) is 23.6 Å². The van der Waals surface area contributed by atoms with Gasteiger partial charge in [-0.05, 0) is 28.7 Å². The van der Waals surface area contributed by atoms with Crippen LogP contribution < -0.4 is 5.46 Å². The summed E-state index contributed by atoms with van der Waals surface area (Å²) in [5.74, 6) is -0.434. The van der Waals surface area contributed by atoms with E-state index < -0.39 is 0 Å². The number of amides is 2. The normalized spacial score (nSPS) is 16.2. The van der Waals surface area contributed by atoms with Crippen LogP contribution in [0.15, 0.2) is 42.5 Å². The van der Waals surface area contributed by atoms with Crippen LogP contribution in [0.5, 0.6) is 0 Å². The van der Waals surface area contributed by atoms with Crippen molar-refractivity contribution in [3.8, 4) is 0 Å². The van der Waals surface area contributed by atoms with E-state index in [2.05, 4.69) is 0 Å². The molecule has 2 aromatic rings. The molecule has 2 heterocycles. The van der Waals surface area contributed by atoms with E-state index in [0.717, 1.165) is 11.0 Å². The number of carbonyl (C=O) groups excluding carboxylic acids is 2. The number of imide groups is 1. The van der Waals surface area contributed by atoms with Gasteiger partial charge in [0.05, 0.1) is 24.3 Å². The summed E-state index contributed by atoms with van der Waals surface area (Å²) in [6.45, 7) is 3.01. The average Bonchev–Trinajstić information content (AvgIpc) is 3.02. The Kier molecular flexibility index (Phi) is 2.91. The van der Waals surface area contributed by atoms with Gasteiger partial charge < -0.3 is 4.65 Å². The number of rotatable bonds is 2. The van der Waals surface area contributed by atoms with Gasteiger partial charge in [-0.1, -0.05) is 37.2 Å². The van der Waals surface area contributed by atoms with Crippen LogP contribution in [0.25, 0.3) is 0 Å². The second-order valence-electron chi connectivity index (χ2n) is 5.73. The number of hydrogen-bond acceptors (Lipinski definition) is 3. The Morgan fingerprint density at radius 2 is 1.77 bits per heavy atom. The summed E-state index contributed by atoms with van der Waals surface area (Å²) in [5.41, 5.74) is 4.26. The number of carbonyl (C=O) groups is 2. The Hall–Kier alpha value is -2.40. The van der Waals surface area contributed by atoms with E-state index in [9.17, 15) is 9.59 Å². The zero-order valence-corrected chi connectivity index (χ0v) is 12.2. The maximum absolute atomic E-state index is 12.4. The molecule has 0 unspecified atom stereocenters. The first kappa shape index (κ1) is 13.3. The molecule has 2 aliphatic rings. The van der Waals surface area contributed by atoms with Gasteiger partial charge in [0.25, 0.3) is 11.8 Å². The molecule has 5 heteroatoms. The van der Waals surface area contributed by atoms with Gasteiger partial charge in [-0.2, -0.15) is 0 Å². The lowest BCUT2D eigenvalue weighted by molar-refractivity contribution is 0.0642. The first-order valence-corrected chi connectivity index (χ1v) is 7.33. The summed E-state index contributed by atoms with van der Waals surface area (Å²) in [4.78, 5) is 26.1. The lowest BCUT2D eigenvalue weighted by Gasteiger charge is -2.14. The van der Waals surface area contributed by atoms with Crippen molar-refractivity contribution in [3.05, 3.63) is 64.7 Å². The molecule has 22 heavy (non-hydrogen) atoms. The van der Waals surface area contributed by atoms with Crippen LogP contribution in [0.3, 0.4) is 0 Å². The molecular formula is C17H14BNO3. The van der Waals surface area contributed by atoms with Gasteiger partial charge in [0.1, 0.15) is 0 Å². The molecule has 0 saturated carbocycles. The predicted molar refractivity (Wildman–Crippen MR) is 83.1 cm³/mol. The highest BCUT2D eigenvalue weighted by atomic mass is 16.4. The molecular weight excluding hydrogens is 277 g/mol. The van der Waals surface area contributed by atoms with Gasteiger partial charge >= 0.3 is 6.92 Å². The molecule has 0 spiro atoms. The highest BCUT2D eigenvalue weighted by Gasteiger charge is 2.35. The molecule has 4 rings (SSSR count). The molecule has 0 aromatic heterocycles. The minimum Gasteiger partial charge on any atom is -0.427 e. The van der Waals surface area contributed by atoms with E-state index in [1.807, 2.05) is 25.0 Å². The molecule has 2 aliphatic heterocycles. The molecule has 0 bridgehead atoms. The monoisotopic (exact) mass is 291 g/mol. The minimum atomic E-state index is -0.217. The van der Waals surface area contributed by atoms with Crippen LogP contribution in [-0.2, 0) is 17.8 Å². The van der Waals surface area contributed by atoms with Crippen molar-refractivity contribution in [2.75, 3.05) is 0 Å². The molecule has 4 nitrogen and oxygen atoms in total. The third-order valence-electron chi connectivity index (χ3n) is 4.36. The molecule has 0 fully saturated rings. The van der Waals surface area contributed by atoms with Crippen LogP contribution >= 0.6 is 0 Å². The Morgan fingerprint density at radius 1 is 1.09 bits per heavy atom. The molecule has 2 aromatic carbocycles. The van der Waals surface area contributed by atoms with Crippen LogP contribution in [0.2, 0.25) is 6.82 Å². The zero-order valence-electron chi connectivity index (χ0n) is 12.2. The average molecular weight is 291 g/mol. The van der Waals surface area contributed by atoms with Gasteiger partial charge in [-0.3, -0.25) is 14.5 Å². The van der Waals surface area contributed by atoms with Crippen molar-refractivity contribution in [1.82, 2.24) is 4.90 Å². The minimum absolute atomic E-state index is 0.0668. The number of nitrogens with zero attached hydrogens (tertiary/aromatic N) is 1. The molecule has 0 saturated heterocycles. The molecule has 0 N–H and O–H groups in total. The molecule has 108 valence electrons. The van der Waals surface area contributed by atoms with Gasteiger partial charge in [-0.25, -0.2) is 0 Å². The lowest BCUT2D eigenvalue weighted by atomic mass is 9.64. The van der Waals surface area contributed by atoms with Crippen LogP contribution in [0.4, 0.5) is 0 Å². The van der Waals surface area contributed by atoms with E-state index in [-0.39, 0.29) is 18.7 Å². The SMILES string of the molecule is CB1OCc2ccc(CN3C(=O)c4ccccc4C3=O)cc21. The van der Waals surface area contributed by atoms with Crippen LogP contribution in [0, 0.1) is 0 Å². The van der Waals surface area contributed by atoms with Crippen molar-refractivity contribution in [2.45, 2.75) is 20.0 Å². The first-order valence-electron chi connectivity index (χ1n) is 7.33. The van der Waals surface area contributed by atoms with Crippen molar-refractivity contribution >= 4 is 24.2 Å². The number of hydrogen-bond donors (Lipinski definition) is 0. The van der Waals surface area contributed by atoms with E-state index in [0.29, 0.717) is 24.3 Å². The topological polar surface area (TPSA) is 46.6 Å². The van der Waals surface area contributed by atoms with E-state index in [1.54, 1.807) is 24.3 Å². The smallest absolute Gasteiger partial charge is 0.324 e. The number of benzene rings is 2. The second-order valence-corrected chi connectivity index (χ2v) is 5.73. The summed E-state index contributed by atoms with van der Waals surface area (Å²) >= 11 is 0. The maximum Gasteiger partial charge on any atom is 0.324 e. The van der Waals surface area contributed by atoms with Crippen molar-refractivity contribution in [2.24, 2.45) is 0 Å².